The lowest BCUT2D eigenvalue weighted by atomic mass is 10.2. The normalized spacial score (nSPS) is 10.9. The third-order valence-corrected chi connectivity index (χ3v) is 2.52. The molecule has 4 nitrogen and oxygen atoms in total. The van der Waals surface area contributed by atoms with Crippen molar-refractivity contribution < 1.29 is 0 Å². The van der Waals surface area contributed by atoms with Crippen LogP contribution < -0.4 is 5.43 Å². The van der Waals surface area contributed by atoms with Crippen molar-refractivity contribution in [2.45, 2.75) is 0 Å². The van der Waals surface area contributed by atoms with Crippen LogP contribution in [0.4, 0.5) is 5.95 Å². The molecule has 0 aliphatic heterocycles. The van der Waals surface area contributed by atoms with Gasteiger partial charge >= 0.3 is 0 Å². The van der Waals surface area contributed by atoms with E-state index in [-0.39, 0.29) is 0 Å². The topological polar surface area (TPSA) is 53.1 Å². The Kier molecular flexibility index (Phi) is 3.44. The van der Waals surface area contributed by atoms with Gasteiger partial charge in [-0.15, -0.1) is 0 Å². The number of aromatic nitrogens is 2. The van der Waals surface area contributed by atoms with Crippen molar-refractivity contribution >= 4 is 35.4 Å². The number of hydrogen-bond acceptors (Lipinski definition) is 3. The average Bonchev–Trinajstić information content (AvgIpc) is 2.75. The van der Waals surface area contributed by atoms with Crippen molar-refractivity contribution in [3.05, 3.63) is 46.2 Å². The van der Waals surface area contributed by atoms with Crippen molar-refractivity contribution in [3.63, 3.8) is 0 Å². The van der Waals surface area contributed by atoms with E-state index in [0.29, 0.717) is 21.6 Å². The number of nitrogens with one attached hydrogen (secondary N) is 2. The molecule has 0 saturated heterocycles. The summed E-state index contributed by atoms with van der Waals surface area (Å²) >= 11 is 11.9. The first kappa shape index (κ1) is 11.0. The maximum atomic E-state index is 5.96. The molecular weight excluding hydrogens is 247 g/mol. The molecule has 2 rings (SSSR count). The number of nitrogens with zero attached hydrogens (tertiary/aromatic N) is 2. The number of halogens is 2. The van der Waals surface area contributed by atoms with Gasteiger partial charge in [0.05, 0.1) is 16.3 Å². The molecule has 16 heavy (non-hydrogen) atoms. The molecule has 0 aliphatic carbocycles. The summed E-state index contributed by atoms with van der Waals surface area (Å²) in [6.45, 7) is 0. The Labute approximate surface area is 102 Å². The van der Waals surface area contributed by atoms with Crippen molar-refractivity contribution in [2.24, 2.45) is 5.10 Å². The summed E-state index contributed by atoms with van der Waals surface area (Å²) in [4.78, 5) is 6.80. The van der Waals surface area contributed by atoms with Crippen molar-refractivity contribution in [2.75, 3.05) is 5.43 Å². The van der Waals surface area contributed by atoms with Gasteiger partial charge in [-0.1, -0.05) is 29.3 Å². The molecule has 0 spiro atoms. The minimum absolute atomic E-state index is 0.553. The fourth-order valence-corrected chi connectivity index (χ4v) is 1.61. The van der Waals surface area contributed by atoms with Gasteiger partial charge in [0.15, 0.2) is 0 Å². The second-order valence-corrected chi connectivity index (χ2v) is 3.76. The predicted molar refractivity (Wildman–Crippen MR) is 66.3 cm³/mol. The van der Waals surface area contributed by atoms with E-state index in [1.165, 1.54) is 0 Å². The quantitative estimate of drug-likeness (QED) is 0.653. The van der Waals surface area contributed by atoms with Crippen molar-refractivity contribution in [1.82, 2.24) is 9.97 Å². The summed E-state index contributed by atoms with van der Waals surface area (Å²) in [6, 6.07) is 5.28. The SMILES string of the molecule is Clc1cccc(Cl)c1/C=N/Nc1ncc[nH]1. The predicted octanol–water partition coefficient (Wildman–Crippen LogP) is 3.16. The highest BCUT2D eigenvalue weighted by atomic mass is 35.5. The van der Waals surface area contributed by atoms with Gasteiger partial charge in [0.25, 0.3) is 0 Å². The monoisotopic (exact) mass is 254 g/mol. The first-order valence-corrected chi connectivity index (χ1v) is 5.25. The fraction of sp³-hybridized carbons (Fsp3) is 0. The smallest absolute Gasteiger partial charge is 0.220 e. The van der Waals surface area contributed by atoms with Crippen LogP contribution in [0.5, 0.6) is 0 Å². The second kappa shape index (κ2) is 5.01. The van der Waals surface area contributed by atoms with Crippen molar-refractivity contribution in [3.8, 4) is 0 Å². The van der Waals surface area contributed by atoms with E-state index in [9.17, 15) is 0 Å². The number of hydrogen-bond donors (Lipinski definition) is 2. The first-order valence-electron chi connectivity index (χ1n) is 4.50. The largest absolute Gasteiger partial charge is 0.330 e. The van der Waals surface area contributed by atoms with E-state index >= 15 is 0 Å². The van der Waals surface area contributed by atoms with Crippen LogP contribution in [0.25, 0.3) is 0 Å². The van der Waals surface area contributed by atoms with Gasteiger partial charge in [-0.25, -0.2) is 10.4 Å². The van der Waals surface area contributed by atoms with Gasteiger partial charge in [0, 0.05) is 18.0 Å². The number of rotatable bonds is 3. The number of aromatic amines is 1. The highest BCUT2D eigenvalue weighted by Gasteiger charge is 2.01. The molecule has 0 radical (unpaired) electrons. The number of imidazole rings is 1. The molecule has 2 N–H and O–H groups in total. The van der Waals surface area contributed by atoms with Crippen molar-refractivity contribution in [1.29, 1.82) is 0 Å². The van der Waals surface area contributed by atoms with E-state index in [1.54, 1.807) is 36.8 Å². The van der Waals surface area contributed by atoms with Crippen LogP contribution >= 0.6 is 23.2 Å². The Morgan fingerprint density at radius 1 is 1.31 bits per heavy atom. The Balaban J connectivity index is 2.12. The lowest BCUT2D eigenvalue weighted by Gasteiger charge is -2.00. The molecule has 2 aromatic rings. The number of benzene rings is 1. The molecule has 0 aliphatic rings. The summed E-state index contributed by atoms with van der Waals surface area (Å²) in [5.74, 6) is 0.555. The Morgan fingerprint density at radius 3 is 2.69 bits per heavy atom. The first-order chi connectivity index (χ1) is 7.77. The van der Waals surface area contributed by atoms with Gasteiger partial charge in [-0.3, -0.25) is 0 Å². The highest BCUT2D eigenvalue weighted by molar-refractivity contribution is 6.38. The maximum Gasteiger partial charge on any atom is 0.220 e. The summed E-state index contributed by atoms with van der Waals surface area (Å²) in [6.07, 6.45) is 4.87. The van der Waals surface area contributed by atoms with E-state index in [4.69, 9.17) is 23.2 Å². The Hall–Kier alpha value is -1.52. The molecular formula is C10H8Cl2N4. The average molecular weight is 255 g/mol. The molecule has 0 unspecified atom stereocenters. The van der Waals surface area contributed by atoms with E-state index in [2.05, 4.69) is 20.5 Å². The van der Waals surface area contributed by atoms with E-state index in [1.807, 2.05) is 0 Å². The van der Waals surface area contributed by atoms with Crippen LogP contribution in [-0.2, 0) is 0 Å². The molecule has 6 heteroatoms. The highest BCUT2D eigenvalue weighted by Crippen LogP contribution is 2.22. The zero-order chi connectivity index (χ0) is 11.4. The van der Waals surface area contributed by atoms with Gasteiger partial charge in [-0.2, -0.15) is 5.10 Å². The van der Waals surface area contributed by atoms with Gasteiger partial charge in [0.1, 0.15) is 0 Å². The molecule has 0 amide bonds. The van der Waals surface area contributed by atoms with Crippen LogP contribution in [0, 0.1) is 0 Å². The third kappa shape index (κ3) is 2.53. The molecule has 82 valence electrons. The second-order valence-electron chi connectivity index (χ2n) is 2.94. The Bertz CT molecular complexity index is 473. The van der Waals surface area contributed by atoms with Crippen LogP contribution in [0.15, 0.2) is 35.7 Å². The van der Waals surface area contributed by atoms with Crippen LogP contribution in [0.1, 0.15) is 5.56 Å². The molecule has 1 heterocycles. The molecule has 0 bridgehead atoms. The minimum atomic E-state index is 0.553. The standard InChI is InChI=1S/C10H8Cl2N4/c11-8-2-1-3-9(12)7(8)6-15-16-10-13-4-5-14-10/h1-6H,(H2,13,14,16)/b15-6+. The molecule has 0 fully saturated rings. The van der Waals surface area contributed by atoms with Gasteiger partial charge < -0.3 is 4.98 Å². The third-order valence-electron chi connectivity index (χ3n) is 1.86. The van der Waals surface area contributed by atoms with Crippen LogP contribution in [0.2, 0.25) is 10.0 Å². The Morgan fingerprint density at radius 2 is 2.06 bits per heavy atom. The maximum absolute atomic E-state index is 5.96. The molecule has 1 aromatic heterocycles. The number of hydrazone groups is 1. The van der Waals surface area contributed by atoms with Gasteiger partial charge in [0.2, 0.25) is 5.95 Å². The summed E-state index contributed by atoms with van der Waals surface area (Å²) in [5, 5.41) is 5.07. The number of H-pyrrole nitrogens is 1. The lowest BCUT2D eigenvalue weighted by Crippen LogP contribution is -1.93. The number of anilines is 1. The molecule has 1 aromatic carbocycles. The minimum Gasteiger partial charge on any atom is -0.330 e. The van der Waals surface area contributed by atoms with Gasteiger partial charge in [-0.05, 0) is 12.1 Å². The van der Waals surface area contributed by atoms with E-state index in [0.717, 1.165) is 0 Å². The summed E-state index contributed by atoms with van der Waals surface area (Å²) in [7, 11) is 0. The van der Waals surface area contributed by atoms with Crippen LogP contribution in [0.3, 0.4) is 0 Å². The summed E-state index contributed by atoms with van der Waals surface area (Å²) < 4.78 is 0. The molecule has 0 atom stereocenters. The lowest BCUT2D eigenvalue weighted by molar-refractivity contribution is 1.20. The fourth-order valence-electron chi connectivity index (χ4n) is 1.12. The molecule has 0 saturated carbocycles. The summed E-state index contributed by atoms with van der Waals surface area (Å²) in [5.41, 5.74) is 3.38. The van der Waals surface area contributed by atoms with E-state index < -0.39 is 0 Å². The zero-order valence-electron chi connectivity index (χ0n) is 8.11. The zero-order valence-corrected chi connectivity index (χ0v) is 9.63. The van der Waals surface area contributed by atoms with Crippen LogP contribution in [-0.4, -0.2) is 16.2 Å².